The van der Waals surface area contributed by atoms with Crippen molar-refractivity contribution < 1.29 is 14.7 Å². The zero-order valence-corrected chi connectivity index (χ0v) is 19.9. The van der Waals surface area contributed by atoms with E-state index in [-0.39, 0.29) is 5.56 Å². The topological polar surface area (TPSA) is 156 Å². The van der Waals surface area contributed by atoms with Gasteiger partial charge in [0.25, 0.3) is 0 Å². The second kappa shape index (κ2) is 10.4. The molecule has 34 heavy (non-hydrogen) atoms. The summed E-state index contributed by atoms with van der Waals surface area (Å²) < 4.78 is 0. The van der Waals surface area contributed by atoms with E-state index < -0.39 is 22.8 Å². The Kier molecular flexibility index (Phi) is 7.64. The number of anilines is 1. The van der Waals surface area contributed by atoms with E-state index in [0.29, 0.717) is 59.9 Å². The van der Waals surface area contributed by atoms with E-state index in [2.05, 4.69) is 17.5 Å². The summed E-state index contributed by atoms with van der Waals surface area (Å²) in [5, 5.41) is 31.2. The molecule has 0 aliphatic carbocycles. The van der Waals surface area contributed by atoms with E-state index >= 15 is 0 Å². The van der Waals surface area contributed by atoms with Gasteiger partial charge in [-0.3, -0.25) is 4.79 Å². The summed E-state index contributed by atoms with van der Waals surface area (Å²) in [5.41, 5.74) is 6.99. The number of pyridine rings is 1. The van der Waals surface area contributed by atoms with Crippen molar-refractivity contribution in [1.29, 1.82) is 10.5 Å². The fourth-order valence-corrected chi connectivity index (χ4v) is 5.18. The van der Waals surface area contributed by atoms with Crippen LogP contribution < -0.4 is 16.0 Å². The van der Waals surface area contributed by atoms with Crippen molar-refractivity contribution in [3.63, 3.8) is 0 Å². The first-order valence-corrected chi connectivity index (χ1v) is 11.7. The Morgan fingerprint density at radius 1 is 1.24 bits per heavy atom. The number of hydrogen-bond acceptors (Lipinski definition) is 7. The highest BCUT2D eigenvalue weighted by atomic mass is 32.2. The number of nitrogens with zero attached hydrogens (tertiary/aromatic N) is 4. The van der Waals surface area contributed by atoms with Crippen molar-refractivity contribution in [2.24, 2.45) is 5.73 Å². The third-order valence-corrected chi connectivity index (χ3v) is 7.25. The Morgan fingerprint density at radius 2 is 1.85 bits per heavy atom. The summed E-state index contributed by atoms with van der Waals surface area (Å²) in [6.07, 6.45) is 0.427. The van der Waals surface area contributed by atoms with Crippen LogP contribution in [0.3, 0.4) is 0 Å². The van der Waals surface area contributed by atoms with Crippen LogP contribution in [0.25, 0.3) is 0 Å². The number of thioether (sulfide) groups is 1. The van der Waals surface area contributed by atoms with Gasteiger partial charge in [0.15, 0.2) is 0 Å². The lowest BCUT2D eigenvalue weighted by molar-refractivity contribution is -0.117. The number of piperidine rings is 1. The van der Waals surface area contributed by atoms with Crippen molar-refractivity contribution in [2.45, 2.75) is 48.9 Å². The van der Waals surface area contributed by atoms with E-state index in [1.165, 1.54) is 0 Å². The molecule has 10 heteroatoms. The lowest BCUT2D eigenvalue weighted by atomic mass is 9.89. The maximum Gasteiger partial charge on any atom is 0.405 e. The fourth-order valence-electron chi connectivity index (χ4n) is 4.12. The lowest BCUT2D eigenvalue weighted by Gasteiger charge is -2.40. The number of primary amides is 1. The Bertz CT molecular complexity index is 1160. The van der Waals surface area contributed by atoms with Crippen molar-refractivity contribution >= 4 is 29.6 Å². The number of aromatic nitrogens is 1. The molecule has 1 unspecified atom stereocenters. The summed E-state index contributed by atoms with van der Waals surface area (Å²) in [4.78, 5) is 30.1. The molecule has 2 heterocycles. The van der Waals surface area contributed by atoms with Crippen LogP contribution in [0.4, 0.5) is 10.6 Å². The Morgan fingerprint density at radius 3 is 2.35 bits per heavy atom. The van der Waals surface area contributed by atoms with Gasteiger partial charge < -0.3 is 21.1 Å². The van der Waals surface area contributed by atoms with Gasteiger partial charge in [0.1, 0.15) is 28.2 Å². The van der Waals surface area contributed by atoms with Crippen LogP contribution in [-0.4, -0.2) is 40.7 Å². The minimum Gasteiger partial charge on any atom is -0.465 e. The SMILES string of the molecule is CCc1c(C#N)c(SC(C(N)=O)c2ccccc2)nc(N2CCC(C)(NC(=O)O)CC2)c1C#N. The van der Waals surface area contributed by atoms with Crippen LogP contribution in [0, 0.1) is 22.7 Å². The normalized spacial score (nSPS) is 15.6. The van der Waals surface area contributed by atoms with Crippen LogP contribution in [0.2, 0.25) is 0 Å². The molecule has 2 aromatic rings. The van der Waals surface area contributed by atoms with Gasteiger partial charge >= 0.3 is 6.09 Å². The maximum absolute atomic E-state index is 12.3. The van der Waals surface area contributed by atoms with Gasteiger partial charge in [-0.15, -0.1) is 0 Å². The molecule has 3 rings (SSSR count). The van der Waals surface area contributed by atoms with Crippen LogP contribution in [-0.2, 0) is 11.2 Å². The number of rotatable bonds is 7. The summed E-state index contributed by atoms with van der Waals surface area (Å²) in [5.74, 6) is -0.117. The molecule has 1 saturated heterocycles. The molecule has 1 aromatic heterocycles. The van der Waals surface area contributed by atoms with Gasteiger partial charge in [-0.1, -0.05) is 49.0 Å². The second-order valence-electron chi connectivity index (χ2n) is 8.34. The highest BCUT2D eigenvalue weighted by molar-refractivity contribution is 8.00. The number of amides is 2. The minimum atomic E-state index is -1.07. The third kappa shape index (κ3) is 5.24. The number of hydrogen-bond donors (Lipinski definition) is 3. The van der Waals surface area contributed by atoms with E-state index in [9.17, 15) is 20.1 Å². The molecule has 4 N–H and O–H groups in total. The van der Waals surface area contributed by atoms with Gasteiger partial charge in [-0.25, -0.2) is 9.78 Å². The maximum atomic E-state index is 12.3. The van der Waals surface area contributed by atoms with Crippen molar-refractivity contribution in [3.05, 3.63) is 52.6 Å². The number of carboxylic acid groups (broad SMARTS) is 1. The summed E-state index contributed by atoms with van der Waals surface area (Å²) in [7, 11) is 0. The molecule has 1 fully saturated rings. The van der Waals surface area contributed by atoms with Crippen molar-refractivity contribution in [2.75, 3.05) is 18.0 Å². The number of nitrogens with one attached hydrogen (secondary N) is 1. The molecule has 2 amide bonds. The molecule has 9 nitrogen and oxygen atoms in total. The second-order valence-corrected chi connectivity index (χ2v) is 9.43. The molecule has 1 aromatic carbocycles. The molecule has 1 aliphatic heterocycles. The van der Waals surface area contributed by atoms with E-state index in [1.807, 2.05) is 36.9 Å². The zero-order valence-electron chi connectivity index (χ0n) is 19.0. The smallest absolute Gasteiger partial charge is 0.405 e. The quantitative estimate of drug-likeness (QED) is 0.512. The van der Waals surface area contributed by atoms with E-state index in [1.54, 1.807) is 12.1 Å². The molecule has 1 atom stereocenters. The van der Waals surface area contributed by atoms with Gasteiger partial charge in [-0.05, 0) is 37.3 Å². The molecule has 1 aliphatic rings. The van der Waals surface area contributed by atoms with Crippen molar-refractivity contribution in [1.82, 2.24) is 10.3 Å². The van der Waals surface area contributed by atoms with Crippen LogP contribution in [0.5, 0.6) is 0 Å². The first-order chi connectivity index (χ1) is 16.2. The first kappa shape index (κ1) is 24.9. The monoisotopic (exact) mass is 478 g/mol. The van der Waals surface area contributed by atoms with Crippen LogP contribution >= 0.6 is 11.8 Å². The van der Waals surface area contributed by atoms with Gasteiger partial charge in [0.2, 0.25) is 5.91 Å². The van der Waals surface area contributed by atoms with Gasteiger partial charge in [-0.2, -0.15) is 10.5 Å². The zero-order chi connectivity index (χ0) is 24.9. The Labute approximate surface area is 202 Å². The fraction of sp³-hybridized carbons (Fsp3) is 0.375. The summed E-state index contributed by atoms with van der Waals surface area (Å²) >= 11 is 1.10. The minimum absolute atomic E-state index is 0.268. The lowest BCUT2D eigenvalue weighted by Crippen LogP contribution is -2.53. The average molecular weight is 479 g/mol. The largest absolute Gasteiger partial charge is 0.465 e. The third-order valence-electron chi connectivity index (χ3n) is 5.99. The average Bonchev–Trinajstić information content (AvgIpc) is 2.81. The Balaban J connectivity index is 2.04. The van der Waals surface area contributed by atoms with Gasteiger partial charge in [0, 0.05) is 18.6 Å². The van der Waals surface area contributed by atoms with E-state index in [0.717, 1.165) is 11.8 Å². The highest BCUT2D eigenvalue weighted by Crippen LogP contribution is 2.40. The number of carbonyl (C=O) groups is 2. The van der Waals surface area contributed by atoms with Gasteiger partial charge in [0.05, 0.1) is 11.1 Å². The number of nitriles is 2. The molecule has 0 saturated carbocycles. The molecule has 0 spiro atoms. The first-order valence-electron chi connectivity index (χ1n) is 10.9. The summed E-state index contributed by atoms with van der Waals surface area (Å²) in [6, 6.07) is 13.4. The number of nitrogens with two attached hydrogens (primary N) is 1. The van der Waals surface area contributed by atoms with Crippen molar-refractivity contribution in [3.8, 4) is 12.1 Å². The number of carbonyl (C=O) groups excluding carboxylic acids is 1. The molecular formula is C24H26N6O3S. The predicted molar refractivity (Wildman–Crippen MR) is 128 cm³/mol. The van der Waals surface area contributed by atoms with Crippen LogP contribution in [0.1, 0.15) is 54.2 Å². The number of benzene rings is 1. The predicted octanol–water partition coefficient (Wildman–Crippen LogP) is 3.33. The molecular weight excluding hydrogens is 452 g/mol. The van der Waals surface area contributed by atoms with E-state index in [4.69, 9.17) is 15.8 Å². The molecule has 176 valence electrons. The van der Waals surface area contributed by atoms with Crippen LogP contribution in [0.15, 0.2) is 35.4 Å². The highest BCUT2D eigenvalue weighted by Gasteiger charge is 2.34. The molecule has 0 radical (unpaired) electrons. The standard InChI is InChI=1S/C24H26N6O3S/c1-3-16-17(13-25)21(30-11-9-24(2,10-12-30)29-23(32)33)28-22(18(16)14-26)34-19(20(27)31)15-7-5-4-6-8-15/h4-8,19,29H,3,9-12H2,1-2H3,(H2,27,31)(H,32,33). The Hall–Kier alpha value is -3.76. The summed E-state index contributed by atoms with van der Waals surface area (Å²) in [6.45, 7) is 4.68. The molecule has 0 bridgehead atoms.